The average Bonchev–Trinajstić information content (AvgIpc) is 3.10. The lowest BCUT2D eigenvalue weighted by Crippen LogP contribution is -2.31. The van der Waals surface area contributed by atoms with Crippen LogP contribution in [-0.2, 0) is 16.4 Å². The molecule has 0 aliphatic heterocycles. The van der Waals surface area contributed by atoms with E-state index in [2.05, 4.69) is 58.0 Å². The van der Waals surface area contributed by atoms with E-state index in [0.717, 1.165) is 74.9 Å². The minimum Gasteiger partial charge on any atom is -0.505 e. The van der Waals surface area contributed by atoms with E-state index in [1.165, 1.54) is 18.2 Å². The fourth-order valence-corrected chi connectivity index (χ4v) is 6.29. The van der Waals surface area contributed by atoms with E-state index in [9.17, 15) is 23.1 Å². The van der Waals surface area contributed by atoms with E-state index >= 15 is 4.39 Å². The van der Waals surface area contributed by atoms with Gasteiger partial charge in [0.05, 0.1) is 5.56 Å². The molecule has 3 aromatic carbocycles. The molecule has 1 N–H and O–H groups in total. The van der Waals surface area contributed by atoms with Gasteiger partial charge in [0.15, 0.2) is 11.6 Å². The quantitative estimate of drug-likeness (QED) is 0.0596. The maximum absolute atomic E-state index is 15.2. The molecule has 3 aromatic rings. The molecule has 8 heteroatoms. The number of carbonyl (C=O) groups is 1. The number of phenols is 1. The third-order valence-electron chi connectivity index (χ3n) is 9.49. The first-order valence-corrected chi connectivity index (χ1v) is 18.0. The molecule has 0 saturated heterocycles. The number of rotatable bonds is 14. The highest BCUT2D eigenvalue weighted by Crippen LogP contribution is 2.45. The average molecular weight is 709 g/mol. The van der Waals surface area contributed by atoms with Crippen molar-refractivity contribution in [2.45, 2.75) is 106 Å². The largest absolute Gasteiger partial charge is 0.505 e. The van der Waals surface area contributed by atoms with Crippen LogP contribution in [0, 0.1) is 18.7 Å². The van der Waals surface area contributed by atoms with Gasteiger partial charge in [-0.15, -0.1) is 0 Å². The second-order valence-corrected chi connectivity index (χ2v) is 13.3. The van der Waals surface area contributed by atoms with Gasteiger partial charge in [-0.3, -0.25) is 4.79 Å². The molecule has 4 nitrogen and oxygen atoms in total. The molecule has 0 aromatic heterocycles. The van der Waals surface area contributed by atoms with Gasteiger partial charge in [-0.25, -0.2) is 4.39 Å². The number of hydrogen-bond acceptors (Lipinski definition) is 2. The van der Waals surface area contributed by atoms with Crippen LogP contribution >= 0.6 is 0 Å². The van der Waals surface area contributed by atoms with Crippen LogP contribution < -0.4 is 0 Å². The first-order chi connectivity index (χ1) is 24.1. The van der Waals surface area contributed by atoms with Gasteiger partial charge < -0.3 is 10.0 Å². The van der Waals surface area contributed by atoms with Crippen molar-refractivity contribution in [2.75, 3.05) is 13.1 Å². The number of amides is 1. The second kappa shape index (κ2) is 20.0. The maximum atomic E-state index is 15.2. The normalized spacial score (nSPS) is 12.9. The smallest absolute Gasteiger partial charge is 0.416 e. The zero-order valence-corrected chi connectivity index (χ0v) is 31.6. The summed E-state index contributed by atoms with van der Waals surface area (Å²) in [6.07, 6.45) is 4.57. The van der Waals surface area contributed by atoms with Crippen LogP contribution in [-0.4, -0.2) is 34.8 Å². The Morgan fingerprint density at radius 3 is 2.08 bits per heavy atom. The van der Waals surface area contributed by atoms with Gasteiger partial charge in [-0.05, 0) is 104 Å². The molecule has 0 heterocycles. The van der Waals surface area contributed by atoms with E-state index in [-0.39, 0.29) is 17.1 Å². The van der Waals surface area contributed by atoms with Crippen LogP contribution in [0.3, 0.4) is 0 Å². The summed E-state index contributed by atoms with van der Waals surface area (Å²) in [5.74, 6) is -0.0420. The van der Waals surface area contributed by atoms with Crippen LogP contribution in [0.2, 0.25) is 0 Å². The first kappa shape index (κ1) is 43.0. The number of carbonyl (C=O) groups excluding carboxylic acids is 1. The fraction of sp³-hybridized carbons (Fsp3) is 0.442. The molecule has 1 unspecified atom stereocenters. The number of phenolic OH excluding ortho intramolecular Hbond substituents is 1. The Morgan fingerprint density at radius 1 is 0.941 bits per heavy atom. The van der Waals surface area contributed by atoms with Crippen molar-refractivity contribution in [1.82, 2.24) is 4.90 Å². The van der Waals surface area contributed by atoms with Crippen LogP contribution in [0.25, 0.3) is 17.2 Å². The number of alkyl halides is 3. The summed E-state index contributed by atoms with van der Waals surface area (Å²) in [5.41, 5.74) is 3.10. The summed E-state index contributed by atoms with van der Waals surface area (Å²) >= 11 is 0. The Balaban J connectivity index is 0.000000694. The molecule has 1 amide bonds. The summed E-state index contributed by atoms with van der Waals surface area (Å²) in [5, 5.41) is 10.8. The van der Waals surface area contributed by atoms with Crippen molar-refractivity contribution in [3.05, 3.63) is 107 Å². The first-order valence-electron chi connectivity index (χ1n) is 18.0. The van der Waals surface area contributed by atoms with Crippen LogP contribution in [0.4, 0.5) is 17.6 Å². The summed E-state index contributed by atoms with van der Waals surface area (Å²) < 4.78 is 51.1. The lowest BCUT2D eigenvalue weighted by atomic mass is 9.69. The Morgan fingerprint density at radius 2 is 1.57 bits per heavy atom. The maximum Gasteiger partial charge on any atom is 0.416 e. The van der Waals surface area contributed by atoms with Gasteiger partial charge in [-0.2, -0.15) is 18.2 Å². The third-order valence-corrected chi connectivity index (χ3v) is 9.49. The molecule has 3 rings (SSSR count). The van der Waals surface area contributed by atoms with E-state index < -0.39 is 17.6 Å². The molecule has 0 aliphatic carbocycles. The van der Waals surface area contributed by atoms with Crippen molar-refractivity contribution in [3.8, 4) is 16.9 Å². The zero-order valence-electron chi connectivity index (χ0n) is 31.6. The third kappa shape index (κ3) is 12.2. The lowest BCUT2D eigenvalue weighted by Gasteiger charge is -2.35. The molecule has 0 spiro atoms. The van der Waals surface area contributed by atoms with Crippen molar-refractivity contribution in [1.29, 1.82) is 0 Å². The van der Waals surface area contributed by atoms with Gasteiger partial charge >= 0.3 is 6.18 Å². The zero-order chi connectivity index (χ0) is 38.4. The predicted octanol–water partition coefficient (Wildman–Crippen LogP) is 12.3. The molecule has 1 atom stereocenters. The molecule has 0 aliphatic rings. The molecular weight excluding hydrogens is 652 g/mol. The van der Waals surface area contributed by atoms with Crippen LogP contribution in [0.15, 0.2) is 83.9 Å². The molecule has 0 saturated carbocycles. The summed E-state index contributed by atoms with van der Waals surface area (Å²) in [6, 6.07) is 16.2. The van der Waals surface area contributed by atoms with Crippen molar-refractivity contribution in [2.24, 2.45) is 10.9 Å². The Hall–Kier alpha value is -4.20. The minimum atomic E-state index is -4.22. The standard InChI is InChI=1S/C35H49FN2O2.C8H7F3/c1-9-18-38(19-10-2)26(8)37-34(40)28(12-4)20-27-16-15-17-29(21-27)30-22-31(33(39)32(36)23-30)35(13-5,14-6)24-25(7)11-3;1-6-3-2-4-7(5-6)8(9,10)11/h12,15-17,20-23,25,39H,4,9-11,13-14,18-19,24H2,1-3,5-8H3;2-5H,1H3/b28-20+,37-26?;. The van der Waals surface area contributed by atoms with E-state index in [1.807, 2.05) is 37.3 Å². The number of halogens is 4. The Kier molecular flexibility index (Phi) is 16.8. The summed E-state index contributed by atoms with van der Waals surface area (Å²) in [4.78, 5) is 19.5. The number of aromatic hydroxyl groups is 1. The van der Waals surface area contributed by atoms with Crippen LogP contribution in [0.1, 0.15) is 109 Å². The molecular formula is C43H56F4N2O2. The van der Waals surface area contributed by atoms with Crippen molar-refractivity contribution >= 4 is 17.8 Å². The number of aliphatic imine (C=N–C) groups is 1. The SMILES string of the molecule is C=C/C(=C\c1cccc(-c2cc(F)c(O)c(C(CC)(CC)CC(C)CC)c2)c1)C(=O)N=C(C)N(CCC)CCC.Cc1cccc(C(F)(F)F)c1. The van der Waals surface area contributed by atoms with Gasteiger partial charge in [0.1, 0.15) is 5.84 Å². The lowest BCUT2D eigenvalue weighted by molar-refractivity contribution is -0.137. The number of amidine groups is 1. The fourth-order valence-electron chi connectivity index (χ4n) is 6.29. The summed E-state index contributed by atoms with van der Waals surface area (Å²) in [6.45, 7) is 21.9. The minimum absolute atomic E-state index is 0.250. The van der Waals surface area contributed by atoms with E-state index in [0.29, 0.717) is 34.0 Å². The van der Waals surface area contributed by atoms with E-state index in [4.69, 9.17) is 0 Å². The number of nitrogens with zero attached hydrogens (tertiary/aromatic N) is 2. The molecule has 278 valence electrons. The van der Waals surface area contributed by atoms with Crippen molar-refractivity contribution in [3.63, 3.8) is 0 Å². The van der Waals surface area contributed by atoms with Crippen molar-refractivity contribution < 1.29 is 27.5 Å². The van der Waals surface area contributed by atoms with Gasteiger partial charge in [-0.1, -0.05) is 103 Å². The Labute approximate surface area is 303 Å². The van der Waals surface area contributed by atoms with Gasteiger partial charge in [0, 0.05) is 24.2 Å². The van der Waals surface area contributed by atoms with Gasteiger partial charge in [0.25, 0.3) is 5.91 Å². The number of hydrogen-bond donors (Lipinski definition) is 1. The highest BCUT2D eigenvalue weighted by atomic mass is 19.4. The second-order valence-electron chi connectivity index (χ2n) is 13.3. The van der Waals surface area contributed by atoms with E-state index in [1.54, 1.807) is 19.1 Å². The highest BCUT2D eigenvalue weighted by molar-refractivity contribution is 6.06. The molecule has 0 bridgehead atoms. The van der Waals surface area contributed by atoms with Crippen LogP contribution in [0.5, 0.6) is 5.75 Å². The molecule has 51 heavy (non-hydrogen) atoms. The molecule has 0 radical (unpaired) electrons. The number of aryl methyl sites for hydroxylation is 1. The van der Waals surface area contributed by atoms with Gasteiger partial charge in [0.2, 0.25) is 0 Å². The number of benzene rings is 3. The monoisotopic (exact) mass is 708 g/mol. The molecule has 0 fully saturated rings. The topological polar surface area (TPSA) is 52.9 Å². The summed E-state index contributed by atoms with van der Waals surface area (Å²) in [7, 11) is 0. The highest BCUT2D eigenvalue weighted by Gasteiger charge is 2.34. The predicted molar refractivity (Wildman–Crippen MR) is 204 cm³/mol. The Bertz CT molecular complexity index is 1650.